The average molecular weight is 700 g/mol. The molecule has 1 unspecified atom stereocenters. The van der Waals surface area contributed by atoms with Gasteiger partial charge in [0.2, 0.25) is 5.84 Å². The molecule has 1 atom stereocenters. The van der Waals surface area contributed by atoms with E-state index in [1.54, 1.807) is 0 Å². The van der Waals surface area contributed by atoms with Gasteiger partial charge < -0.3 is 0 Å². The molecule has 0 saturated carbocycles. The Labute approximate surface area is 315 Å². The van der Waals surface area contributed by atoms with Crippen molar-refractivity contribution in [2.45, 2.75) is 271 Å². The highest BCUT2D eigenvalue weighted by Gasteiger charge is 2.41. The molecule has 294 valence electrons. The van der Waals surface area contributed by atoms with Crippen LogP contribution in [0.2, 0.25) is 0 Å². The van der Waals surface area contributed by atoms with Crippen molar-refractivity contribution in [3.05, 3.63) is 12.4 Å². The van der Waals surface area contributed by atoms with Gasteiger partial charge in [-0.1, -0.05) is 233 Å². The van der Waals surface area contributed by atoms with E-state index in [1.807, 2.05) is 6.20 Å². The van der Waals surface area contributed by atoms with E-state index in [4.69, 9.17) is 4.99 Å². The normalized spacial score (nSPS) is 15.7. The molecule has 0 radical (unpaired) electrons. The lowest BCUT2D eigenvalue weighted by molar-refractivity contribution is -0.708. The number of unbranched alkanes of at least 4 members (excludes halogenated alkanes) is 34. The summed E-state index contributed by atoms with van der Waals surface area (Å²) in [6.45, 7) is 7.82. The maximum absolute atomic E-state index is 13.9. The Kier molecular flexibility index (Phi) is 34.3. The predicted molar refractivity (Wildman–Crippen MR) is 224 cm³/mol. The third-order valence-electron chi connectivity index (χ3n) is 11.6. The Hall–Kier alpha value is -0.960. The van der Waals surface area contributed by atoms with Gasteiger partial charge in [-0.15, -0.1) is 0 Å². The molecule has 0 bridgehead atoms. The largest absolute Gasteiger partial charge is 0.324 e. The quantitative estimate of drug-likeness (QED) is 0.0462. The van der Waals surface area contributed by atoms with Crippen molar-refractivity contribution in [1.82, 2.24) is 0 Å². The van der Waals surface area contributed by atoms with Crippen molar-refractivity contribution in [3.63, 3.8) is 0 Å². The summed E-state index contributed by atoms with van der Waals surface area (Å²) in [5.74, 6) is 1.57. The second kappa shape index (κ2) is 36.4. The predicted octanol–water partition coefficient (Wildman–Crippen LogP) is 16.5. The van der Waals surface area contributed by atoms with Gasteiger partial charge in [-0.3, -0.25) is 0 Å². The second-order valence-corrected chi connectivity index (χ2v) is 16.4. The van der Waals surface area contributed by atoms with Crippen LogP contribution in [0.4, 0.5) is 0 Å². The Bertz CT molecular complexity index is 788. The summed E-state index contributed by atoms with van der Waals surface area (Å²) in [7, 11) is 0. The number of nitrogens with zero attached hydrogens (tertiary/aromatic N) is 2. The summed E-state index contributed by atoms with van der Waals surface area (Å²) in [6.07, 6.45) is 56.2. The standard InChI is InChI=1S/C47H91N2O/c1-4-7-10-13-16-19-21-23-25-26-28-30-32-35-38-41-46-48-43-45-49(46,47(50)42-39-36-33-18-15-12-9-6-3)44-40-37-34-31-29-27-24-22-20-17-14-11-8-5-2/h43,45H,4-42,44H2,1-3H3/q+1. The van der Waals surface area contributed by atoms with Crippen LogP contribution < -0.4 is 0 Å². The van der Waals surface area contributed by atoms with E-state index in [2.05, 4.69) is 27.0 Å². The van der Waals surface area contributed by atoms with Crippen molar-refractivity contribution in [2.75, 3.05) is 6.54 Å². The monoisotopic (exact) mass is 700 g/mol. The van der Waals surface area contributed by atoms with Crippen LogP contribution in [-0.4, -0.2) is 22.8 Å². The third kappa shape index (κ3) is 25.9. The Morgan fingerprint density at radius 3 is 1.08 bits per heavy atom. The van der Waals surface area contributed by atoms with Gasteiger partial charge in [0.15, 0.2) is 0 Å². The first kappa shape index (κ1) is 47.1. The van der Waals surface area contributed by atoms with Gasteiger partial charge in [0.25, 0.3) is 0 Å². The molecule has 50 heavy (non-hydrogen) atoms. The van der Waals surface area contributed by atoms with E-state index in [-0.39, 0.29) is 0 Å². The van der Waals surface area contributed by atoms with E-state index in [1.165, 1.54) is 225 Å². The van der Waals surface area contributed by atoms with Crippen molar-refractivity contribution in [3.8, 4) is 0 Å². The number of carbonyl (C=O) groups excluding carboxylic acids is 1. The summed E-state index contributed by atoms with van der Waals surface area (Å²) in [5, 5.41) is 0. The lowest BCUT2D eigenvalue weighted by Gasteiger charge is -2.30. The fourth-order valence-electron chi connectivity index (χ4n) is 8.06. The molecule has 0 aliphatic carbocycles. The third-order valence-corrected chi connectivity index (χ3v) is 11.6. The van der Waals surface area contributed by atoms with Gasteiger partial charge in [-0.25, -0.2) is 9.79 Å². The molecule has 3 heteroatoms. The van der Waals surface area contributed by atoms with E-state index in [0.717, 1.165) is 38.1 Å². The number of carbonyl (C=O) groups is 1. The van der Waals surface area contributed by atoms with Crippen LogP contribution in [-0.2, 0) is 4.79 Å². The molecule has 1 amide bonds. The van der Waals surface area contributed by atoms with Gasteiger partial charge in [0, 0.05) is 6.42 Å². The number of aliphatic imine (C=N–C) groups is 1. The highest BCUT2D eigenvalue weighted by molar-refractivity contribution is 5.90. The molecule has 1 heterocycles. The SMILES string of the molecule is CCCCCCCCCCCCCCCCCC1=NC=C[N+]1(CCCCCCCCCCCCCCCC)C(=O)CCCCCCCCCC. The summed E-state index contributed by atoms with van der Waals surface area (Å²) >= 11 is 0. The zero-order valence-corrected chi connectivity index (χ0v) is 34.7. The van der Waals surface area contributed by atoms with Gasteiger partial charge in [-0.2, -0.15) is 4.48 Å². The first-order chi connectivity index (χ1) is 24.7. The number of rotatable bonds is 40. The molecule has 1 aliphatic heterocycles. The number of amides is 1. The van der Waals surface area contributed by atoms with Gasteiger partial charge >= 0.3 is 5.91 Å². The Balaban J connectivity index is 2.33. The second-order valence-electron chi connectivity index (χ2n) is 16.4. The summed E-state index contributed by atoms with van der Waals surface area (Å²) in [6, 6.07) is 0. The molecule has 1 aliphatic rings. The topological polar surface area (TPSA) is 29.4 Å². The van der Waals surface area contributed by atoms with Gasteiger partial charge in [0.05, 0.1) is 19.2 Å². The summed E-state index contributed by atoms with van der Waals surface area (Å²) in [5.41, 5.74) is 0. The molecule has 0 aromatic heterocycles. The Morgan fingerprint density at radius 1 is 0.420 bits per heavy atom. The molecule has 0 fully saturated rings. The van der Waals surface area contributed by atoms with Crippen LogP contribution in [0.1, 0.15) is 271 Å². The Morgan fingerprint density at radius 2 is 0.720 bits per heavy atom. The minimum absolute atomic E-state index is 0.416. The van der Waals surface area contributed by atoms with Crippen molar-refractivity contribution in [1.29, 1.82) is 0 Å². The molecule has 0 N–H and O–H groups in total. The highest BCUT2D eigenvalue weighted by atomic mass is 16.2. The van der Waals surface area contributed by atoms with Gasteiger partial charge in [0.1, 0.15) is 6.20 Å². The minimum Gasteiger partial charge on any atom is -0.230 e. The molecule has 1 rings (SSSR count). The minimum atomic E-state index is 0.416. The van der Waals surface area contributed by atoms with Crippen molar-refractivity contribution < 1.29 is 9.28 Å². The number of hydrogen-bond donors (Lipinski definition) is 0. The lowest BCUT2D eigenvalue weighted by atomic mass is 10.0. The first-order valence-electron chi connectivity index (χ1n) is 23.4. The number of amidine groups is 1. The van der Waals surface area contributed by atoms with Gasteiger partial charge in [-0.05, 0) is 25.7 Å². The van der Waals surface area contributed by atoms with Crippen molar-refractivity contribution in [2.24, 2.45) is 4.99 Å². The molecular weight excluding hydrogens is 609 g/mol. The smallest absolute Gasteiger partial charge is 0.230 e. The van der Waals surface area contributed by atoms with Crippen LogP contribution >= 0.6 is 0 Å². The number of quaternary nitrogens is 1. The lowest BCUT2D eigenvalue weighted by Crippen LogP contribution is -2.52. The maximum atomic E-state index is 13.9. The first-order valence-corrected chi connectivity index (χ1v) is 23.4. The van der Waals surface area contributed by atoms with Crippen LogP contribution in [0.3, 0.4) is 0 Å². The molecular formula is C47H91N2O+. The molecule has 0 spiro atoms. The van der Waals surface area contributed by atoms with Crippen LogP contribution in [0.5, 0.6) is 0 Å². The number of hydrogen-bond acceptors (Lipinski definition) is 2. The molecule has 0 aromatic carbocycles. The highest BCUT2D eigenvalue weighted by Crippen LogP contribution is 2.26. The summed E-state index contributed by atoms with van der Waals surface area (Å²) in [4.78, 5) is 18.8. The zero-order chi connectivity index (χ0) is 36.1. The molecule has 0 saturated heterocycles. The van der Waals surface area contributed by atoms with Crippen LogP contribution in [0.25, 0.3) is 0 Å². The fraction of sp³-hybridized carbons (Fsp3) is 0.915. The van der Waals surface area contributed by atoms with Crippen molar-refractivity contribution >= 4 is 11.7 Å². The molecule has 0 aromatic rings. The van der Waals surface area contributed by atoms with E-state index >= 15 is 0 Å². The van der Waals surface area contributed by atoms with E-state index in [9.17, 15) is 4.79 Å². The van der Waals surface area contributed by atoms with Crippen LogP contribution in [0, 0.1) is 0 Å². The van der Waals surface area contributed by atoms with E-state index in [0.29, 0.717) is 10.4 Å². The fourth-order valence-corrected chi connectivity index (χ4v) is 8.06. The maximum Gasteiger partial charge on any atom is 0.324 e. The summed E-state index contributed by atoms with van der Waals surface area (Å²) < 4.78 is 0.452. The molecule has 3 nitrogen and oxygen atoms in total. The zero-order valence-electron chi connectivity index (χ0n) is 34.7. The average Bonchev–Trinajstić information content (AvgIpc) is 3.54. The van der Waals surface area contributed by atoms with E-state index < -0.39 is 0 Å². The van der Waals surface area contributed by atoms with Crippen LogP contribution in [0.15, 0.2) is 17.4 Å².